The number of halogens is 1. The minimum absolute atomic E-state index is 0.0491. The Kier molecular flexibility index (Phi) is 6.54. The van der Waals surface area contributed by atoms with Gasteiger partial charge in [0.2, 0.25) is 5.91 Å². The number of carbonyl (C=O) groups excluding carboxylic acids is 3. The molecule has 1 saturated heterocycles. The van der Waals surface area contributed by atoms with Crippen LogP contribution >= 0.6 is 11.6 Å². The van der Waals surface area contributed by atoms with Crippen molar-refractivity contribution in [3.05, 3.63) is 23.4 Å². The zero-order valence-corrected chi connectivity index (χ0v) is 14.2. The summed E-state index contributed by atoms with van der Waals surface area (Å²) in [5, 5.41) is 2.98. The predicted molar refractivity (Wildman–Crippen MR) is 88.5 cm³/mol. The van der Waals surface area contributed by atoms with Crippen molar-refractivity contribution in [3.8, 4) is 0 Å². The first-order chi connectivity index (χ1) is 11.5. The van der Waals surface area contributed by atoms with Crippen LogP contribution in [0, 0.1) is 0 Å². The highest BCUT2D eigenvalue weighted by atomic mass is 35.5. The van der Waals surface area contributed by atoms with Gasteiger partial charge >= 0.3 is 5.97 Å². The van der Waals surface area contributed by atoms with E-state index in [2.05, 4.69) is 10.3 Å². The molecular weight excluding hydrogens is 334 g/mol. The van der Waals surface area contributed by atoms with Gasteiger partial charge in [0.15, 0.2) is 6.10 Å². The lowest BCUT2D eigenvalue weighted by atomic mass is 10.2. The summed E-state index contributed by atoms with van der Waals surface area (Å²) in [5.74, 6) is -0.834. The topological polar surface area (TPSA) is 88.6 Å². The Hall–Kier alpha value is -2.15. The fourth-order valence-electron chi connectivity index (χ4n) is 2.33. The summed E-state index contributed by atoms with van der Waals surface area (Å²) >= 11 is 5.72. The van der Waals surface area contributed by atoms with E-state index in [0.29, 0.717) is 23.8 Å². The first kappa shape index (κ1) is 18.2. The Morgan fingerprint density at radius 2 is 2.17 bits per heavy atom. The van der Waals surface area contributed by atoms with Gasteiger partial charge in [0.1, 0.15) is 12.4 Å². The average molecular weight is 354 g/mol. The number of nitrogens with one attached hydrogen (secondary N) is 1. The van der Waals surface area contributed by atoms with Crippen LogP contribution in [0.2, 0.25) is 5.02 Å². The molecule has 1 N–H and O–H groups in total. The Morgan fingerprint density at radius 3 is 2.88 bits per heavy atom. The van der Waals surface area contributed by atoms with Crippen molar-refractivity contribution in [2.75, 3.05) is 18.4 Å². The van der Waals surface area contributed by atoms with Crippen LogP contribution in [0.25, 0.3) is 0 Å². The van der Waals surface area contributed by atoms with Crippen molar-refractivity contribution >= 4 is 35.2 Å². The molecule has 7 nitrogen and oxygen atoms in total. The molecule has 0 unspecified atom stereocenters. The van der Waals surface area contributed by atoms with E-state index in [1.54, 1.807) is 12.1 Å². The van der Waals surface area contributed by atoms with Crippen molar-refractivity contribution in [2.24, 2.45) is 0 Å². The third-order valence-corrected chi connectivity index (χ3v) is 3.87. The molecule has 0 saturated carbocycles. The van der Waals surface area contributed by atoms with Crippen LogP contribution in [0.1, 0.15) is 32.6 Å². The normalized spacial score (nSPS) is 16.2. The zero-order valence-electron chi connectivity index (χ0n) is 13.5. The number of ether oxygens (including phenoxy) is 1. The Morgan fingerprint density at radius 1 is 1.38 bits per heavy atom. The van der Waals surface area contributed by atoms with Gasteiger partial charge in [0, 0.05) is 19.2 Å². The van der Waals surface area contributed by atoms with Crippen LogP contribution in [-0.2, 0) is 19.1 Å². The maximum Gasteiger partial charge on any atom is 0.326 e. The second-order valence-corrected chi connectivity index (χ2v) is 6.05. The molecule has 2 heterocycles. The Labute approximate surface area is 145 Å². The standard InChI is InChI=1S/C16H20ClN3O4/c1-11(16(23)19-13-7-6-12(17)9-18-13)24-15(22)10-20-8-4-2-3-5-14(20)21/h6-7,9,11H,2-5,8,10H2,1H3,(H,18,19,23)/t11-/m1/s1. The summed E-state index contributed by atoms with van der Waals surface area (Å²) in [6.07, 6.45) is 3.56. The Balaban J connectivity index is 1.82. The SMILES string of the molecule is C[C@@H](OC(=O)CN1CCCCCC1=O)C(=O)Nc1ccc(Cl)cn1. The monoisotopic (exact) mass is 353 g/mol. The smallest absolute Gasteiger partial charge is 0.326 e. The van der Waals surface area contributed by atoms with E-state index in [0.717, 1.165) is 19.3 Å². The van der Waals surface area contributed by atoms with Gasteiger partial charge in [-0.05, 0) is 31.9 Å². The lowest BCUT2D eigenvalue weighted by Gasteiger charge is -2.20. The molecule has 1 aromatic rings. The molecule has 1 aromatic heterocycles. The van der Waals surface area contributed by atoms with Crippen LogP contribution in [0.4, 0.5) is 5.82 Å². The van der Waals surface area contributed by atoms with Gasteiger partial charge in [0.05, 0.1) is 5.02 Å². The Bertz CT molecular complexity index is 606. The van der Waals surface area contributed by atoms with Gasteiger partial charge in [-0.15, -0.1) is 0 Å². The molecule has 130 valence electrons. The molecule has 0 spiro atoms. The summed E-state index contributed by atoms with van der Waals surface area (Å²) in [6, 6.07) is 3.14. The second kappa shape index (κ2) is 8.63. The highest BCUT2D eigenvalue weighted by molar-refractivity contribution is 6.30. The lowest BCUT2D eigenvalue weighted by Crippen LogP contribution is -2.38. The zero-order chi connectivity index (χ0) is 17.5. The molecule has 2 amide bonds. The number of carbonyl (C=O) groups is 3. The van der Waals surface area contributed by atoms with E-state index in [1.807, 2.05) is 0 Å². The molecular formula is C16H20ClN3O4. The third-order valence-electron chi connectivity index (χ3n) is 3.65. The van der Waals surface area contributed by atoms with Crippen LogP contribution in [-0.4, -0.2) is 46.9 Å². The minimum Gasteiger partial charge on any atom is -0.451 e. The van der Waals surface area contributed by atoms with E-state index >= 15 is 0 Å². The molecule has 8 heteroatoms. The average Bonchev–Trinajstić information content (AvgIpc) is 2.74. The van der Waals surface area contributed by atoms with Crippen LogP contribution in [0.15, 0.2) is 18.3 Å². The quantitative estimate of drug-likeness (QED) is 0.818. The number of nitrogens with zero attached hydrogens (tertiary/aromatic N) is 2. The number of anilines is 1. The fourth-order valence-corrected chi connectivity index (χ4v) is 2.44. The summed E-state index contributed by atoms with van der Waals surface area (Å²) in [5.41, 5.74) is 0. The predicted octanol–water partition coefficient (Wildman–Crippen LogP) is 2.01. The van der Waals surface area contributed by atoms with Gasteiger partial charge in [-0.2, -0.15) is 0 Å². The third kappa shape index (κ3) is 5.49. The summed E-state index contributed by atoms with van der Waals surface area (Å²) < 4.78 is 5.10. The van der Waals surface area contributed by atoms with E-state index in [1.165, 1.54) is 18.0 Å². The molecule has 0 aliphatic carbocycles. The fraction of sp³-hybridized carbons (Fsp3) is 0.500. The number of pyridine rings is 1. The van der Waals surface area contributed by atoms with E-state index < -0.39 is 18.0 Å². The van der Waals surface area contributed by atoms with Crippen molar-refractivity contribution in [3.63, 3.8) is 0 Å². The number of amides is 2. The van der Waals surface area contributed by atoms with Crippen molar-refractivity contribution in [1.82, 2.24) is 9.88 Å². The van der Waals surface area contributed by atoms with Crippen molar-refractivity contribution in [1.29, 1.82) is 0 Å². The molecule has 0 aromatic carbocycles. The van der Waals surface area contributed by atoms with Crippen molar-refractivity contribution in [2.45, 2.75) is 38.7 Å². The number of hydrogen-bond acceptors (Lipinski definition) is 5. The van der Waals surface area contributed by atoms with Gasteiger partial charge in [-0.1, -0.05) is 18.0 Å². The molecule has 1 aliphatic rings. The van der Waals surface area contributed by atoms with E-state index in [9.17, 15) is 14.4 Å². The van der Waals surface area contributed by atoms with Gasteiger partial charge in [-0.3, -0.25) is 14.4 Å². The highest BCUT2D eigenvalue weighted by Crippen LogP contribution is 2.12. The molecule has 0 radical (unpaired) electrons. The molecule has 1 atom stereocenters. The summed E-state index contributed by atoms with van der Waals surface area (Å²) in [6.45, 7) is 1.88. The van der Waals surface area contributed by atoms with Crippen LogP contribution in [0.3, 0.4) is 0 Å². The number of hydrogen-bond donors (Lipinski definition) is 1. The van der Waals surface area contributed by atoms with Crippen LogP contribution < -0.4 is 5.32 Å². The van der Waals surface area contributed by atoms with Crippen LogP contribution in [0.5, 0.6) is 0 Å². The number of esters is 1. The molecule has 1 fully saturated rings. The largest absolute Gasteiger partial charge is 0.451 e. The van der Waals surface area contributed by atoms with Gasteiger partial charge in [-0.25, -0.2) is 4.98 Å². The molecule has 0 bridgehead atoms. The van der Waals surface area contributed by atoms with E-state index in [-0.39, 0.29) is 12.5 Å². The van der Waals surface area contributed by atoms with Gasteiger partial charge in [0.25, 0.3) is 5.91 Å². The number of likely N-dealkylation sites (tertiary alicyclic amines) is 1. The first-order valence-corrected chi connectivity index (χ1v) is 8.23. The lowest BCUT2D eigenvalue weighted by molar-refractivity contribution is -0.156. The summed E-state index contributed by atoms with van der Waals surface area (Å²) in [7, 11) is 0. The highest BCUT2D eigenvalue weighted by Gasteiger charge is 2.23. The number of rotatable bonds is 5. The number of aromatic nitrogens is 1. The minimum atomic E-state index is -0.989. The van der Waals surface area contributed by atoms with E-state index in [4.69, 9.17) is 16.3 Å². The molecule has 2 rings (SSSR count). The summed E-state index contributed by atoms with van der Waals surface area (Å²) in [4.78, 5) is 41.2. The second-order valence-electron chi connectivity index (χ2n) is 5.61. The maximum atomic E-state index is 12.0. The maximum absolute atomic E-state index is 12.0. The van der Waals surface area contributed by atoms with Crippen molar-refractivity contribution < 1.29 is 19.1 Å². The first-order valence-electron chi connectivity index (χ1n) is 7.85. The van der Waals surface area contributed by atoms with Gasteiger partial charge < -0.3 is 15.0 Å². The molecule has 1 aliphatic heterocycles. The molecule has 24 heavy (non-hydrogen) atoms.